The van der Waals surface area contributed by atoms with Crippen LogP contribution in [0.3, 0.4) is 0 Å². The van der Waals surface area contributed by atoms with Gasteiger partial charge in [-0.05, 0) is 49.2 Å². The Bertz CT molecular complexity index is 1140. The van der Waals surface area contributed by atoms with Gasteiger partial charge >= 0.3 is 11.9 Å². The molecule has 0 saturated carbocycles. The molecule has 200 valence electrons. The highest BCUT2D eigenvalue weighted by atomic mass is 32.1. The van der Waals surface area contributed by atoms with Gasteiger partial charge in [0.25, 0.3) is 0 Å². The molecular weight excluding hydrogens is 500 g/mol. The molecule has 11 heteroatoms. The molecule has 0 spiro atoms. The van der Waals surface area contributed by atoms with Crippen molar-refractivity contribution in [1.82, 2.24) is 9.88 Å². The van der Waals surface area contributed by atoms with Crippen molar-refractivity contribution in [3.63, 3.8) is 0 Å². The normalized spacial score (nSPS) is 16.5. The van der Waals surface area contributed by atoms with Gasteiger partial charge in [0.1, 0.15) is 0 Å². The second kappa shape index (κ2) is 13.9. The molecule has 2 unspecified atom stereocenters. The summed E-state index contributed by atoms with van der Waals surface area (Å²) in [5, 5.41) is 26.5. The molecule has 0 bridgehead atoms. The molecular formula is C26H32N2O8S. The van der Waals surface area contributed by atoms with E-state index >= 15 is 0 Å². The van der Waals surface area contributed by atoms with E-state index in [0.717, 1.165) is 37.0 Å². The number of piperidine rings is 1. The lowest BCUT2D eigenvalue weighted by atomic mass is 9.98. The van der Waals surface area contributed by atoms with Crippen LogP contribution in [0.25, 0.3) is 10.2 Å². The molecule has 3 N–H and O–H groups in total. The summed E-state index contributed by atoms with van der Waals surface area (Å²) in [6.45, 7) is 3.29. The average Bonchev–Trinajstić information content (AvgIpc) is 3.33. The first-order chi connectivity index (χ1) is 17.8. The third kappa shape index (κ3) is 8.39. The standard InChI is InChI=1S/C24H30N2O4S.C2H2O4/c1-28-21-10-9-17(12-22(21)29-2)15-30-16-19(27)14-26-11-5-6-18(13-26)24-25-20-7-3-4-8-23(20)31-24;3-1(4)2(5)6/h3-4,7-10,12,18-19,27H,5-6,11,13-16H2,1-2H3;(H,3,4)(H,5,6). The highest BCUT2D eigenvalue weighted by molar-refractivity contribution is 7.18. The van der Waals surface area contributed by atoms with Gasteiger partial charge in [-0.15, -0.1) is 11.3 Å². The third-order valence-electron chi connectivity index (χ3n) is 5.84. The fourth-order valence-corrected chi connectivity index (χ4v) is 5.21. The van der Waals surface area contributed by atoms with Crippen molar-refractivity contribution >= 4 is 33.5 Å². The first-order valence-electron chi connectivity index (χ1n) is 11.8. The summed E-state index contributed by atoms with van der Waals surface area (Å²) in [6, 6.07) is 14.0. The quantitative estimate of drug-likeness (QED) is 0.352. The van der Waals surface area contributed by atoms with E-state index in [1.165, 1.54) is 9.71 Å². The molecule has 10 nitrogen and oxygen atoms in total. The van der Waals surface area contributed by atoms with Crippen LogP contribution < -0.4 is 9.47 Å². The van der Waals surface area contributed by atoms with Gasteiger partial charge < -0.3 is 29.5 Å². The lowest BCUT2D eigenvalue weighted by Crippen LogP contribution is -2.40. The summed E-state index contributed by atoms with van der Waals surface area (Å²) in [5.41, 5.74) is 2.07. The van der Waals surface area contributed by atoms with Gasteiger partial charge in [-0.25, -0.2) is 14.6 Å². The molecule has 0 aliphatic carbocycles. The summed E-state index contributed by atoms with van der Waals surface area (Å²) in [6.07, 6.45) is 1.76. The smallest absolute Gasteiger partial charge is 0.414 e. The maximum atomic E-state index is 10.5. The van der Waals surface area contributed by atoms with Crippen molar-refractivity contribution in [2.75, 3.05) is 40.5 Å². The first-order valence-corrected chi connectivity index (χ1v) is 12.6. The number of thiazole rings is 1. The van der Waals surface area contributed by atoms with E-state index in [1.807, 2.05) is 24.3 Å². The number of para-hydroxylation sites is 1. The number of carbonyl (C=O) groups is 2. The van der Waals surface area contributed by atoms with Gasteiger partial charge in [0.05, 0.1) is 48.8 Å². The number of carboxylic acid groups (broad SMARTS) is 2. The molecule has 37 heavy (non-hydrogen) atoms. The van der Waals surface area contributed by atoms with Gasteiger partial charge in [-0.3, -0.25) is 4.90 Å². The summed E-state index contributed by atoms with van der Waals surface area (Å²) in [4.78, 5) is 25.4. The minimum atomic E-state index is -1.82. The van der Waals surface area contributed by atoms with Crippen LogP contribution in [0.5, 0.6) is 11.5 Å². The van der Waals surface area contributed by atoms with Crippen molar-refractivity contribution < 1.29 is 39.1 Å². The largest absolute Gasteiger partial charge is 0.493 e. The zero-order valence-corrected chi connectivity index (χ0v) is 21.6. The van der Waals surface area contributed by atoms with Crippen molar-refractivity contribution in [3.05, 3.63) is 53.0 Å². The molecule has 0 amide bonds. The number of ether oxygens (including phenoxy) is 3. The van der Waals surface area contributed by atoms with Gasteiger partial charge in [0.15, 0.2) is 11.5 Å². The number of hydrogen-bond donors (Lipinski definition) is 3. The highest BCUT2D eigenvalue weighted by Gasteiger charge is 2.25. The number of carboxylic acids is 2. The maximum absolute atomic E-state index is 10.5. The molecule has 1 aliphatic rings. The minimum absolute atomic E-state index is 0.302. The number of fused-ring (bicyclic) bond motifs is 1. The Hall–Kier alpha value is -3.25. The lowest BCUT2D eigenvalue weighted by Gasteiger charge is -2.33. The van der Waals surface area contributed by atoms with Gasteiger partial charge in [0, 0.05) is 19.0 Å². The molecule has 3 aromatic rings. The van der Waals surface area contributed by atoms with E-state index in [1.54, 1.807) is 25.6 Å². The topological polar surface area (TPSA) is 139 Å². The number of benzene rings is 2. The Morgan fingerprint density at radius 3 is 2.51 bits per heavy atom. The Balaban J connectivity index is 0.000000568. The molecule has 4 rings (SSSR count). The zero-order chi connectivity index (χ0) is 26.8. The average molecular weight is 533 g/mol. The number of nitrogens with zero attached hydrogens (tertiary/aromatic N) is 2. The first kappa shape index (κ1) is 28.3. The van der Waals surface area contributed by atoms with Crippen LogP contribution in [0.1, 0.15) is 29.3 Å². The van der Waals surface area contributed by atoms with Crippen molar-refractivity contribution in [1.29, 1.82) is 0 Å². The molecule has 2 heterocycles. The maximum Gasteiger partial charge on any atom is 0.414 e. The number of aromatic nitrogens is 1. The SMILES string of the molecule is COc1ccc(COCC(O)CN2CCCC(c3nc4ccccc4s3)C2)cc1OC.O=C(O)C(=O)O. The predicted octanol–water partition coefficient (Wildman–Crippen LogP) is 3.23. The van der Waals surface area contributed by atoms with Gasteiger partial charge in [-0.2, -0.15) is 0 Å². The van der Waals surface area contributed by atoms with E-state index in [2.05, 4.69) is 23.1 Å². The second-order valence-electron chi connectivity index (χ2n) is 8.59. The van der Waals surface area contributed by atoms with Crippen LogP contribution in [0.2, 0.25) is 0 Å². The van der Waals surface area contributed by atoms with E-state index in [4.69, 9.17) is 39.0 Å². The summed E-state index contributed by atoms with van der Waals surface area (Å²) < 4.78 is 17.6. The molecule has 2 atom stereocenters. The summed E-state index contributed by atoms with van der Waals surface area (Å²) in [7, 11) is 3.23. The van der Waals surface area contributed by atoms with Gasteiger partial charge in [-0.1, -0.05) is 18.2 Å². The number of rotatable bonds is 9. The summed E-state index contributed by atoms with van der Waals surface area (Å²) >= 11 is 1.80. The lowest BCUT2D eigenvalue weighted by molar-refractivity contribution is -0.159. The Morgan fingerprint density at radius 1 is 1.11 bits per heavy atom. The predicted molar refractivity (Wildman–Crippen MR) is 139 cm³/mol. The third-order valence-corrected chi connectivity index (χ3v) is 7.04. The van der Waals surface area contributed by atoms with E-state index in [-0.39, 0.29) is 0 Å². The van der Waals surface area contributed by atoms with E-state index in [0.29, 0.717) is 37.2 Å². The summed E-state index contributed by atoms with van der Waals surface area (Å²) in [5.74, 6) is -1.84. The number of hydrogen-bond acceptors (Lipinski definition) is 9. The number of likely N-dealkylation sites (tertiary alicyclic amines) is 1. The fourth-order valence-electron chi connectivity index (χ4n) is 4.12. The van der Waals surface area contributed by atoms with Crippen LogP contribution in [0.4, 0.5) is 0 Å². The zero-order valence-electron chi connectivity index (χ0n) is 20.8. The number of aliphatic hydroxyl groups excluding tert-OH is 1. The Labute approximate surface area is 219 Å². The van der Waals surface area contributed by atoms with E-state index < -0.39 is 18.0 Å². The number of aliphatic carboxylic acids is 2. The van der Waals surface area contributed by atoms with Crippen LogP contribution in [-0.4, -0.2) is 83.7 Å². The second-order valence-corrected chi connectivity index (χ2v) is 9.65. The van der Waals surface area contributed by atoms with Crippen LogP contribution >= 0.6 is 11.3 Å². The van der Waals surface area contributed by atoms with Crippen molar-refractivity contribution in [2.24, 2.45) is 0 Å². The number of methoxy groups -OCH3 is 2. The van der Waals surface area contributed by atoms with Crippen LogP contribution in [0.15, 0.2) is 42.5 Å². The van der Waals surface area contributed by atoms with E-state index in [9.17, 15) is 5.11 Å². The Kier molecular flexibility index (Phi) is 10.6. The minimum Gasteiger partial charge on any atom is -0.493 e. The number of aliphatic hydroxyl groups is 1. The molecule has 1 aromatic heterocycles. The monoisotopic (exact) mass is 532 g/mol. The van der Waals surface area contributed by atoms with Gasteiger partial charge in [0.2, 0.25) is 0 Å². The molecule has 1 aliphatic heterocycles. The fraction of sp³-hybridized carbons (Fsp3) is 0.423. The molecule has 0 radical (unpaired) electrons. The van der Waals surface area contributed by atoms with Crippen molar-refractivity contribution in [3.8, 4) is 11.5 Å². The molecule has 1 fully saturated rings. The number of β-amino-alcohol motifs (C(OH)–C–C–N with tert-alkyl or cyclic N) is 1. The van der Waals surface area contributed by atoms with Crippen LogP contribution in [-0.2, 0) is 20.9 Å². The Morgan fingerprint density at radius 2 is 1.84 bits per heavy atom. The highest BCUT2D eigenvalue weighted by Crippen LogP contribution is 2.33. The van der Waals surface area contributed by atoms with Crippen LogP contribution in [0, 0.1) is 0 Å². The molecule has 1 saturated heterocycles. The van der Waals surface area contributed by atoms with Crippen molar-refractivity contribution in [2.45, 2.75) is 31.5 Å². The molecule has 2 aromatic carbocycles.